The van der Waals surface area contributed by atoms with E-state index in [0.29, 0.717) is 17.7 Å². The number of nitrogens with one attached hydrogen (secondary N) is 1. The first kappa shape index (κ1) is 19.4. The van der Waals surface area contributed by atoms with Crippen LogP contribution in [0.1, 0.15) is 24.0 Å². The molecule has 2 aromatic carbocycles. The normalized spacial score (nSPS) is 28.7. The molecule has 3 aliphatic rings. The summed E-state index contributed by atoms with van der Waals surface area (Å²) in [5, 5.41) is 4.71. The van der Waals surface area contributed by atoms with Gasteiger partial charge in [0.1, 0.15) is 17.9 Å². The van der Waals surface area contributed by atoms with Crippen molar-refractivity contribution in [1.29, 1.82) is 0 Å². The van der Waals surface area contributed by atoms with Crippen LogP contribution in [0.4, 0.5) is 5.69 Å². The Morgan fingerprint density at radius 3 is 2.48 bits per heavy atom. The highest BCUT2D eigenvalue weighted by Gasteiger charge is 2.73. The highest BCUT2D eigenvalue weighted by Crippen LogP contribution is 2.49. The van der Waals surface area contributed by atoms with Gasteiger partial charge in [0.25, 0.3) is 5.91 Å². The number of fused-ring (bicyclic) bond motifs is 4. The van der Waals surface area contributed by atoms with Crippen LogP contribution in [0.5, 0.6) is 0 Å². The molecule has 1 spiro atoms. The number of quaternary nitrogens is 1. The van der Waals surface area contributed by atoms with E-state index in [4.69, 9.17) is 5.73 Å². The van der Waals surface area contributed by atoms with E-state index in [1.807, 2.05) is 53.8 Å². The number of amides is 4. The molecular weight excluding hydrogens is 396 g/mol. The standard InChI is InChI=1S/C23H22N4O4/c24-17(28)11-10-16-18-19(21(30)27(20(18)29)12-13-6-2-1-3-7-13)23(26-16)14-8-4-5-9-15(14)25-22(23)31/h1-9,16,18-19,26H,10-12H2,(H2,24,28)(H,25,31)/p+1/t16-,18+,19+,23-/m0/s1. The van der Waals surface area contributed by atoms with Crippen molar-refractivity contribution in [3.05, 3.63) is 65.7 Å². The molecule has 4 amide bonds. The van der Waals surface area contributed by atoms with Crippen molar-refractivity contribution < 1.29 is 24.5 Å². The number of rotatable bonds is 5. The van der Waals surface area contributed by atoms with E-state index in [1.165, 1.54) is 4.90 Å². The summed E-state index contributed by atoms with van der Waals surface area (Å²) >= 11 is 0. The van der Waals surface area contributed by atoms with E-state index in [0.717, 1.165) is 5.56 Å². The molecule has 8 heteroatoms. The van der Waals surface area contributed by atoms with Crippen LogP contribution in [0.15, 0.2) is 54.6 Å². The summed E-state index contributed by atoms with van der Waals surface area (Å²) in [6, 6.07) is 16.2. The minimum absolute atomic E-state index is 0.0872. The fraction of sp³-hybridized carbons (Fsp3) is 0.304. The Balaban J connectivity index is 1.58. The van der Waals surface area contributed by atoms with Gasteiger partial charge in [0, 0.05) is 18.4 Å². The molecule has 31 heavy (non-hydrogen) atoms. The number of nitrogens with two attached hydrogens (primary N) is 2. The first-order valence-electron chi connectivity index (χ1n) is 10.4. The molecule has 2 aromatic rings. The number of para-hydroxylation sites is 1. The average molecular weight is 419 g/mol. The third kappa shape index (κ3) is 2.79. The molecule has 3 heterocycles. The van der Waals surface area contributed by atoms with Crippen LogP contribution in [0.3, 0.4) is 0 Å². The van der Waals surface area contributed by atoms with Gasteiger partial charge in [0.2, 0.25) is 23.3 Å². The largest absolute Gasteiger partial charge is 0.370 e. The summed E-state index contributed by atoms with van der Waals surface area (Å²) < 4.78 is 0. The van der Waals surface area contributed by atoms with Crippen molar-refractivity contribution >= 4 is 29.3 Å². The number of primary amides is 1. The Bertz CT molecular complexity index is 1100. The predicted molar refractivity (Wildman–Crippen MR) is 110 cm³/mol. The maximum Gasteiger partial charge on any atom is 0.291 e. The van der Waals surface area contributed by atoms with Gasteiger partial charge in [0.15, 0.2) is 0 Å². The van der Waals surface area contributed by atoms with Crippen molar-refractivity contribution in [2.75, 3.05) is 5.32 Å². The third-order valence-corrected chi connectivity index (χ3v) is 6.78. The summed E-state index contributed by atoms with van der Waals surface area (Å²) in [6.45, 7) is 0.160. The quantitative estimate of drug-likeness (QED) is 0.583. The minimum atomic E-state index is -1.22. The molecule has 5 rings (SSSR count). The number of hydrogen-bond donors (Lipinski definition) is 3. The lowest BCUT2D eigenvalue weighted by Gasteiger charge is -2.26. The van der Waals surface area contributed by atoms with E-state index in [2.05, 4.69) is 5.32 Å². The number of nitrogens with zero attached hydrogens (tertiary/aromatic N) is 1. The number of anilines is 1. The molecular formula is C23H23N4O4+. The molecule has 2 saturated heterocycles. The van der Waals surface area contributed by atoms with Gasteiger partial charge in [-0.3, -0.25) is 24.1 Å². The van der Waals surface area contributed by atoms with Crippen LogP contribution in [0, 0.1) is 11.8 Å². The molecule has 0 radical (unpaired) electrons. The molecule has 8 nitrogen and oxygen atoms in total. The van der Waals surface area contributed by atoms with Crippen LogP contribution in [0.25, 0.3) is 0 Å². The zero-order valence-electron chi connectivity index (χ0n) is 16.8. The zero-order valence-corrected chi connectivity index (χ0v) is 16.8. The first-order valence-corrected chi connectivity index (χ1v) is 10.4. The van der Waals surface area contributed by atoms with E-state index in [-0.39, 0.29) is 30.7 Å². The molecule has 0 bridgehead atoms. The summed E-state index contributed by atoms with van der Waals surface area (Å²) in [6.07, 6.45) is 0.412. The smallest absolute Gasteiger partial charge is 0.291 e. The van der Waals surface area contributed by atoms with Gasteiger partial charge in [-0.1, -0.05) is 48.5 Å². The minimum Gasteiger partial charge on any atom is -0.370 e. The Hall–Kier alpha value is -3.52. The lowest BCUT2D eigenvalue weighted by Crippen LogP contribution is -2.99. The molecule has 3 aliphatic heterocycles. The van der Waals surface area contributed by atoms with E-state index < -0.39 is 29.3 Å². The van der Waals surface area contributed by atoms with Gasteiger partial charge in [-0.2, -0.15) is 0 Å². The lowest BCUT2D eigenvalue weighted by atomic mass is 9.76. The SMILES string of the molecule is NC(=O)CC[C@@H]1[NH2+][C@]2(C(=O)Nc3ccccc32)[C@H]2C(=O)N(Cc3ccccc3)C(=O)[C@H]12. The van der Waals surface area contributed by atoms with E-state index in [1.54, 1.807) is 6.07 Å². The first-order chi connectivity index (χ1) is 14.9. The van der Waals surface area contributed by atoms with Gasteiger partial charge < -0.3 is 16.4 Å². The number of benzene rings is 2. The molecule has 0 aliphatic carbocycles. The topological polar surface area (TPSA) is 126 Å². The molecule has 2 fully saturated rings. The zero-order chi connectivity index (χ0) is 21.8. The summed E-state index contributed by atoms with van der Waals surface area (Å²) in [5.74, 6) is -2.92. The van der Waals surface area contributed by atoms with Gasteiger partial charge in [-0.05, 0) is 11.6 Å². The Morgan fingerprint density at radius 2 is 1.74 bits per heavy atom. The van der Waals surface area contributed by atoms with Crippen LogP contribution in [-0.4, -0.2) is 34.6 Å². The molecule has 5 N–H and O–H groups in total. The summed E-state index contributed by atoms with van der Waals surface area (Å²) in [4.78, 5) is 53.1. The van der Waals surface area contributed by atoms with Gasteiger partial charge in [0.05, 0.1) is 12.2 Å². The second-order valence-corrected chi connectivity index (χ2v) is 8.46. The van der Waals surface area contributed by atoms with Gasteiger partial charge in [-0.25, -0.2) is 0 Å². The maximum absolute atomic E-state index is 13.6. The highest BCUT2D eigenvalue weighted by molar-refractivity contribution is 6.13. The Morgan fingerprint density at radius 1 is 1.03 bits per heavy atom. The number of imide groups is 1. The van der Waals surface area contributed by atoms with Crippen molar-refractivity contribution in [1.82, 2.24) is 4.90 Å². The van der Waals surface area contributed by atoms with Gasteiger partial charge >= 0.3 is 0 Å². The van der Waals surface area contributed by atoms with Crippen LogP contribution < -0.4 is 16.4 Å². The second-order valence-electron chi connectivity index (χ2n) is 8.46. The summed E-state index contributed by atoms with van der Waals surface area (Å²) in [5.41, 5.74) is 6.33. The van der Waals surface area contributed by atoms with E-state index in [9.17, 15) is 19.2 Å². The highest BCUT2D eigenvalue weighted by atomic mass is 16.2. The Kier molecular flexibility index (Phi) is 4.40. The Labute approximate surface area is 178 Å². The molecule has 158 valence electrons. The molecule has 0 aromatic heterocycles. The van der Waals surface area contributed by atoms with Gasteiger partial charge in [-0.15, -0.1) is 0 Å². The number of carbonyl (C=O) groups is 4. The summed E-state index contributed by atoms with van der Waals surface area (Å²) in [7, 11) is 0. The van der Waals surface area contributed by atoms with Crippen molar-refractivity contribution in [2.45, 2.75) is 31.0 Å². The monoisotopic (exact) mass is 419 g/mol. The predicted octanol–water partition coefficient (Wildman–Crippen LogP) is -0.153. The fourth-order valence-electron chi connectivity index (χ4n) is 5.47. The maximum atomic E-state index is 13.6. The van der Waals surface area contributed by atoms with Crippen LogP contribution >= 0.6 is 0 Å². The molecule has 0 unspecified atom stereocenters. The fourth-order valence-corrected chi connectivity index (χ4v) is 5.47. The number of carbonyl (C=O) groups excluding carboxylic acids is 4. The molecule has 0 saturated carbocycles. The lowest BCUT2D eigenvalue weighted by molar-refractivity contribution is -0.734. The second kappa shape index (κ2) is 7.02. The van der Waals surface area contributed by atoms with Crippen molar-refractivity contribution in [3.8, 4) is 0 Å². The van der Waals surface area contributed by atoms with Crippen LogP contribution in [0.2, 0.25) is 0 Å². The van der Waals surface area contributed by atoms with E-state index >= 15 is 0 Å². The number of likely N-dealkylation sites (tertiary alicyclic amines) is 1. The van der Waals surface area contributed by atoms with Crippen LogP contribution in [-0.2, 0) is 31.3 Å². The van der Waals surface area contributed by atoms with Crippen molar-refractivity contribution in [3.63, 3.8) is 0 Å². The molecule has 4 atom stereocenters. The van der Waals surface area contributed by atoms with Crippen molar-refractivity contribution in [2.24, 2.45) is 17.6 Å². The third-order valence-electron chi connectivity index (χ3n) is 6.78. The number of hydrogen-bond acceptors (Lipinski definition) is 4. The average Bonchev–Trinajstić information content (AvgIpc) is 3.34.